The van der Waals surface area contributed by atoms with Gasteiger partial charge in [-0.25, -0.2) is 0 Å². The van der Waals surface area contributed by atoms with Crippen molar-refractivity contribution in [2.45, 2.75) is 6.92 Å². The number of nitriles is 1. The fraction of sp³-hybridized carbons (Fsp3) is 0.0833. The van der Waals surface area contributed by atoms with Crippen molar-refractivity contribution in [1.29, 1.82) is 5.26 Å². The van der Waals surface area contributed by atoms with E-state index in [0.29, 0.717) is 5.76 Å². The molecule has 0 amide bonds. The van der Waals surface area contributed by atoms with Gasteiger partial charge in [-0.2, -0.15) is 5.26 Å². The Balaban J connectivity index is 2.50. The Labute approximate surface area is 82.7 Å². The molecule has 0 aromatic heterocycles. The van der Waals surface area contributed by atoms with Crippen LogP contribution in [0.2, 0.25) is 0 Å². The van der Waals surface area contributed by atoms with Gasteiger partial charge in [0.25, 0.3) is 0 Å². The minimum Gasteiger partial charge on any atom is -0.456 e. The first-order valence-electron chi connectivity index (χ1n) is 4.36. The van der Waals surface area contributed by atoms with Crippen molar-refractivity contribution in [3.05, 3.63) is 47.2 Å². The summed E-state index contributed by atoms with van der Waals surface area (Å²) in [6, 6.07) is 9.73. The number of fused-ring (bicyclic) bond motifs is 1. The summed E-state index contributed by atoms with van der Waals surface area (Å²) < 4.78 is 5.55. The highest BCUT2D eigenvalue weighted by molar-refractivity contribution is 5.66. The number of hydrogen-bond donors (Lipinski definition) is 0. The standard InChI is InChI=1S/C12H9NO/c1-9-8-10-4-2-3-5-12(10)14-11(9)6-7-13/h2-6,8H,1H3/b11-6-. The molecule has 0 spiro atoms. The van der Waals surface area contributed by atoms with Crippen LogP contribution in [0.5, 0.6) is 5.75 Å². The molecule has 1 aromatic carbocycles. The normalized spacial score (nSPS) is 16.6. The van der Waals surface area contributed by atoms with E-state index < -0.39 is 0 Å². The third-order valence-corrected chi connectivity index (χ3v) is 2.10. The van der Waals surface area contributed by atoms with Gasteiger partial charge in [0.05, 0.1) is 12.1 Å². The van der Waals surface area contributed by atoms with E-state index in [1.165, 1.54) is 6.08 Å². The predicted octanol–water partition coefficient (Wildman–Crippen LogP) is 2.89. The molecule has 0 bridgehead atoms. The van der Waals surface area contributed by atoms with Crippen LogP contribution in [0.4, 0.5) is 0 Å². The van der Waals surface area contributed by atoms with Gasteiger partial charge in [0.2, 0.25) is 0 Å². The average molecular weight is 183 g/mol. The van der Waals surface area contributed by atoms with Crippen molar-refractivity contribution in [2.75, 3.05) is 0 Å². The van der Waals surface area contributed by atoms with Crippen molar-refractivity contribution in [2.24, 2.45) is 0 Å². The Morgan fingerprint density at radius 1 is 1.36 bits per heavy atom. The van der Waals surface area contributed by atoms with Crippen LogP contribution in [-0.2, 0) is 0 Å². The number of nitrogens with zero attached hydrogens (tertiary/aromatic N) is 1. The zero-order chi connectivity index (χ0) is 9.97. The lowest BCUT2D eigenvalue weighted by Gasteiger charge is -2.17. The van der Waals surface area contributed by atoms with E-state index in [2.05, 4.69) is 0 Å². The highest BCUT2D eigenvalue weighted by atomic mass is 16.5. The first kappa shape index (κ1) is 8.58. The highest BCUT2D eigenvalue weighted by Crippen LogP contribution is 2.30. The molecule has 1 aromatic rings. The largest absolute Gasteiger partial charge is 0.456 e. The fourth-order valence-corrected chi connectivity index (χ4v) is 1.40. The smallest absolute Gasteiger partial charge is 0.140 e. The van der Waals surface area contributed by atoms with Crippen molar-refractivity contribution in [3.63, 3.8) is 0 Å². The Kier molecular flexibility index (Phi) is 2.08. The van der Waals surface area contributed by atoms with E-state index in [1.54, 1.807) is 0 Å². The van der Waals surface area contributed by atoms with Gasteiger partial charge in [0.1, 0.15) is 11.5 Å². The molecule has 0 saturated carbocycles. The molecular formula is C12H9NO. The van der Waals surface area contributed by atoms with E-state index in [4.69, 9.17) is 10.00 Å². The number of ether oxygens (including phenoxy) is 1. The van der Waals surface area contributed by atoms with Gasteiger partial charge in [-0.15, -0.1) is 0 Å². The van der Waals surface area contributed by atoms with E-state index in [1.807, 2.05) is 43.3 Å². The number of para-hydroxylation sites is 1. The SMILES string of the molecule is CC1=Cc2ccccc2O/C1=C\C#N. The number of benzene rings is 1. The molecule has 0 atom stereocenters. The highest BCUT2D eigenvalue weighted by Gasteiger charge is 2.12. The summed E-state index contributed by atoms with van der Waals surface area (Å²) in [7, 11) is 0. The van der Waals surface area contributed by atoms with Crippen molar-refractivity contribution in [1.82, 2.24) is 0 Å². The maximum absolute atomic E-state index is 8.55. The molecule has 1 heterocycles. The Morgan fingerprint density at radius 2 is 2.14 bits per heavy atom. The van der Waals surface area contributed by atoms with Gasteiger partial charge < -0.3 is 4.74 Å². The van der Waals surface area contributed by atoms with Gasteiger partial charge in [0, 0.05) is 5.56 Å². The van der Waals surface area contributed by atoms with Crippen LogP contribution in [0.1, 0.15) is 12.5 Å². The summed E-state index contributed by atoms with van der Waals surface area (Å²) in [6.45, 7) is 1.93. The quantitative estimate of drug-likeness (QED) is 0.579. The summed E-state index contributed by atoms with van der Waals surface area (Å²) in [6.07, 6.45) is 3.43. The van der Waals surface area contributed by atoms with Crippen LogP contribution in [0.25, 0.3) is 6.08 Å². The first-order chi connectivity index (χ1) is 6.81. The average Bonchev–Trinajstić information content (AvgIpc) is 2.19. The Hall–Kier alpha value is -2.01. The van der Waals surface area contributed by atoms with Crippen molar-refractivity contribution >= 4 is 6.08 Å². The topological polar surface area (TPSA) is 33.0 Å². The molecule has 1 aliphatic rings. The maximum atomic E-state index is 8.55. The molecule has 14 heavy (non-hydrogen) atoms. The monoisotopic (exact) mass is 183 g/mol. The van der Waals surface area contributed by atoms with Gasteiger partial charge in [-0.1, -0.05) is 18.2 Å². The fourth-order valence-electron chi connectivity index (χ4n) is 1.40. The molecule has 0 unspecified atom stereocenters. The van der Waals surface area contributed by atoms with Gasteiger partial charge in [-0.3, -0.25) is 0 Å². The third-order valence-electron chi connectivity index (χ3n) is 2.10. The lowest BCUT2D eigenvalue weighted by atomic mass is 10.1. The van der Waals surface area contributed by atoms with Gasteiger partial charge >= 0.3 is 0 Å². The van der Waals surface area contributed by atoms with Crippen LogP contribution in [0, 0.1) is 11.3 Å². The van der Waals surface area contributed by atoms with E-state index >= 15 is 0 Å². The molecule has 68 valence electrons. The maximum Gasteiger partial charge on any atom is 0.140 e. The molecular weight excluding hydrogens is 174 g/mol. The molecule has 0 aliphatic carbocycles. The second-order valence-electron chi connectivity index (χ2n) is 3.10. The second-order valence-corrected chi connectivity index (χ2v) is 3.10. The van der Waals surface area contributed by atoms with Crippen LogP contribution < -0.4 is 4.74 Å². The van der Waals surface area contributed by atoms with Crippen LogP contribution in [-0.4, -0.2) is 0 Å². The molecule has 2 nitrogen and oxygen atoms in total. The summed E-state index contributed by atoms with van der Waals surface area (Å²) >= 11 is 0. The van der Waals surface area contributed by atoms with Gasteiger partial charge in [-0.05, 0) is 24.6 Å². The van der Waals surface area contributed by atoms with Gasteiger partial charge in [0.15, 0.2) is 0 Å². The zero-order valence-corrected chi connectivity index (χ0v) is 7.82. The van der Waals surface area contributed by atoms with Crippen molar-refractivity contribution < 1.29 is 4.74 Å². The van der Waals surface area contributed by atoms with Crippen LogP contribution in [0.15, 0.2) is 41.7 Å². The molecule has 1 aliphatic heterocycles. The van der Waals surface area contributed by atoms with Crippen LogP contribution in [0.3, 0.4) is 0 Å². The summed E-state index contributed by atoms with van der Waals surface area (Å²) in [5.74, 6) is 1.44. The molecule has 0 fully saturated rings. The molecule has 2 heteroatoms. The molecule has 0 N–H and O–H groups in total. The number of hydrogen-bond acceptors (Lipinski definition) is 2. The number of rotatable bonds is 0. The van der Waals surface area contributed by atoms with E-state index in [-0.39, 0.29) is 0 Å². The van der Waals surface area contributed by atoms with Crippen LogP contribution >= 0.6 is 0 Å². The minimum absolute atomic E-state index is 0.631. The lowest BCUT2D eigenvalue weighted by molar-refractivity contribution is 0.431. The minimum atomic E-state index is 0.631. The summed E-state index contributed by atoms with van der Waals surface area (Å²) in [5.41, 5.74) is 2.03. The third kappa shape index (κ3) is 1.40. The zero-order valence-electron chi connectivity index (χ0n) is 7.82. The van der Waals surface area contributed by atoms with Crippen molar-refractivity contribution in [3.8, 4) is 11.8 Å². The lowest BCUT2D eigenvalue weighted by Crippen LogP contribution is -2.02. The molecule has 2 rings (SSSR count). The Bertz CT molecular complexity index is 463. The summed E-state index contributed by atoms with van der Waals surface area (Å²) in [5, 5.41) is 8.55. The second kappa shape index (κ2) is 3.39. The number of allylic oxidation sites excluding steroid dienone is 2. The first-order valence-corrected chi connectivity index (χ1v) is 4.36. The van der Waals surface area contributed by atoms with E-state index in [0.717, 1.165) is 16.9 Å². The Morgan fingerprint density at radius 3 is 2.93 bits per heavy atom. The van der Waals surface area contributed by atoms with E-state index in [9.17, 15) is 0 Å². The molecule has 0 saturated heterocycles. The summed E-state index contributed by atoms with van der Waals surface area (Å²) in [4.78, 5) is 0. The molecule has 0 radical (unpaired) electrons. The predicted molar refractivity (Wildman–Crippen MR) is 54.4 cm³/mol.